The number of aliphatic hydroxyl groups excluding tert-OH is 2. The molecule has 0 bridgehead atoms. The molecule has 1 aliphatic heterocycles. The number of amides is 1. The van der Waals surface area contributed by atoms with Crippen molar-refractivity contribution in [1.82, 2.24) is 4.90 Å². The molecule has 3 aromatic rings. The Kier molecular flexibility index (Phi) is 13.3. The average Bonchev–Trinajstić information content (AvgIpc) is 3.18. The van der Waals surface area contributed by atoms with E-state index in [0.29, 0.717) is 43.7 Å². The lowest BCUT2D eigenvalue weighted by molar-refractivity contribution is -0.255. The van der Waals surface area contributed by atoms with Crippen LogP contribution in [0, 0.1) is 17.8 Å². The Labute approximate surface area is 319 Å². The third-order valence-electron chi connectivity index (χ3n) is 11.1. The maximum absolute atomic E-state index is 13.8. The van der Waals surface area contributed by atoms with Gasteiger partial charge in [0.15, 0.2) is 0 Å². The maximum Gasteiger partial charge on any atom is 0.410 e. The van der Waals surface area contributed by atoms with Crippen molar-refractivity contribution in [1.29, 1.82) is 0 Å². The smallest absolute Gasteiger partial charge is 0.410 e. The lowest BCUT2D eigenvalue weighted by Gasteiger charge is -2.59. The van der Waals surface area contributed by atoms with Crippen LogP contribution in [0.5, 0.6) is 17.2 Å². The van der Waals surface area contributed by atoms with Crippen molar-refractivity contribution in [2.24, 2.45) is 22.9 Å². The van der Waals surface area contributed by atoms with E-state index in [1.807, 2.05) is 50.2 Å². The van der Waals surface area contributed by atoms with Crippen LogP contribution in [0.1, 0.15) is 76.7 Å². The van der Waals surface area contributed by atoms with Gasteiger partial charge >= 0.3 is 6.09 Å². The quantitative estimate of drug-likeness (QED) is 0.0755. The molecule has 54 heavy (non-hydrogen) atoms. The normalized spacial score (nSPS) is 24.9. The predicted molar refractivity (Wildman–Crippen MR) is 210 cm³/mol. The van der Waals surface area contributed by atoms with Crippen molar-refractivity contribution in [3.05, 3.63) is 90.5 Å². The summed E-state index contributed by atoms with van der Waals surface area (Å²) in [5.41, 5.74) is 2.73. The number of unbranched alkanes of at least 4 members (excludes halogenated alkanes) is 2. The van der Waals surface area contributed by atoms with Crippen LogP contribution in [0.25, 0.3) is 10.8 Å². The van der Waals surface area contributed by atoms with Crippen molar-refractivity contribution < 1.29 is 38.8 Å². The van der Waals surface area contributed by atoms with E-state index in [1.165, 1.54) is 0 Å². The molecule has 0 spiro atoms. The van der Waals surface area contributed by atoms with Crippen LogP contribution in [-0.2, 0) is 14.3 Å². The summed E-state index contributed by atoms with van der Waals surface area (Å²) >= 11 is 0. The fourth-order valence-electron chi connectivity index (χ4n) is 9.01. The van der Waals surface area contributed by atoms with Gasteiger partial charge < -0.3 is 34.0 Å². The molecule has 6 rings (SSSR count). The molecule has 2 aliphatic carbocycles. The highest BCUT2D eigenvalue weighted by atomic mass is 16.7. The number of benzene rings is 3. The molecule has 2 N–H and O–H groups in total. The van der Waals surface area contributed by atoms with Crippen molar-refractivity contribution in [2.45, 2.75) is 83.0 Å². The Hall–Kier alpha value is -4.38. The average molecular weight is 741 g/mol. The van der Waals surface area contributed by atoms with Crippen molar-refractivity contribution in [3.63, 3.8) is 0 Å². The molecule has 1 fully saturated rings. The van der Waals surface area contributed by atoms with Gasteiger partial charge in [0, 0.05) is 37.7 Å². The molecule has 0 aromatic heterocycles. The number of hydrogen-bond donors (Lipinski definition) is 2. The molecule has 6 atom stereocenters. The molecule has 1 amide bonds. The SMILES string of the molecule is C=CCOC12Oc3ccc(Oc4ccc5ccccc5c4)cc3C3C(CCCCO)C(CCCCO)C=C(C(=NOC)CC1N(CCC)C(=O)OCC)C32. The molecule has 3 aromatic carbocycles. The van der Waals surface area contributed by atoms with Gasteiger partial charge in [-0.25, -0.2) is 4.79 Å². The Morgan fingerprint density at radius 1 is 1.00 bits per heavy atom. The highest BCUT2D eigenvalue weighted by molar-refractivity contribution is 6.03. The van der Waals surface area contributed by atoms with E-state index in [9.17, 15) is 15.0 Å². The number of hydrogen-bond acceptors (Lipinski definition) is 9. The van der Waals surface area contributed by atoms with E-state index in [0.717, 1.165) is 59.1 Å². The maximum atomic E-state index is 13.8. The summed E-state index contributed by atoms with van der Waals surface area (Å²) < 4.78 is 26.4. The van der Waals surface area contributed by atoms with Gasteiger partial charge in [-0.15, -0.1) is 6.58 Å². The van der Waals surface area contributed by atoms with Gasteiger partial charge in [-0.05, 0) is 97.5 Å². The van der Waals surface area contributed by atoms with Crippen LogP contribution >= 0.6 is 0 Å². The number of ether oxygens (including phenoxy) is 4. The molecule has 6 unspecified atom stereocenters. The molecule has 1 saturated carbocycles. The number of carbonyl (C=O) groups excluding carboxylic acids is 1. The number of aliphatic hydroxyl groups is 2. The second-order valence-corrected chi connectivity index (χ2v) is 14.5. The summed E-state index contributed by atoms with van der Waals surface area (Å²) in [5, 5.41) is 26.5. The standard InChI is InChI=1S/C44H56N2O8/c1-5-22-46(43(49)51-7-3)40-29-38(45-50-4)36-27-32(16-10-12-23-47)35(17-11-13-24-48)41-37-28-34(53-33-19-18-30-14-8-9-15-31(30)26-33)20-21-39(37)54-44(40,42(36)41)52-25-6-2/h6,8-9,14-15,18-21,26-28,32,35,40-42,47-48H,2,5,7,10-13,16-17,22-25,29H2,1,3-4H3. The number of fused-ring (bicyclic) bond motifs is 3. The molecule has 1 heterocycles. The van der Waals surface area contributed by atoms with Crippen LogP contribution in [0.3, 0.4) is 0 Å². The summed E-state index contributed by atoms with van der Waals surface area (Å²) in [5.74, 6) is 0.476. The fraction of sp³-hybridized carbons (Fsp3) is 0.500. The summed E-state index contributed by atoms with van der Waals surface area (Å²) in [6, 6.07) is 19.7. The number of carbonyl (C=O) groups is 1. The first-order valence-corrected chi connectivity index (χ1v) is 19.6. The van der Waals surface area contributed by atoms with Crippen LogP contribution in [0.2, 0.25) is 0 Å². The molecular weight excluding hydrogens is 684 g/mol. The summed E-state index contributed by atoms with van der Waals surface area (Å²) in [6.07, 6.45) is 9.45. The summed E-state index contributed by atoms with van der Waals surface area (Å²) in [6.45, 7) is 8.94. The van der Waals surface area contributed by atoms with Crippen molar-refractivity contribution >= 4 is 22.6 Å². The second-order valence-electron chi connectivity index (χ2n) is 14.5. The predicted octanol–water partition coefficient (Wildman–Crippen LogP) is 8.76. The molecule has 3 aliphatic rings. The Morgan fingerprint density at radius 3 is 2.46 bits per heavy atom. The third kappa shape index (κ3) is 8.02. The van der Waals surface area contributed by atoms with E-state index in [-0.39, 0.29) is 44.2 Å². The summed E-state index contributed by atoms with van der Waals surface area (Å²) in [7, 11) is 1.55. The minimum Gasteiger partial charge on any atom is -0.459 e. The van der Waals surface area contributed by atoms with E-state index >= 15 is 0 Å². The highest BCUT2D eigenvalue weighted by Crippen LogP contribution is 2.62. The van der Waals surface area contributed by atoms with Gasteiger partial charge in [-0.2, -0.15) is 0 Å². The van der Waals surface area contributed by atoms with Crippen molar-refractivity contribution in [3.8, 4) is 17.2 Å². The first kappa shape index (κ1) is 39.3. The molecule has 0 radical (unpaired) electrons. The van der Waals surface area contributed by atoms with Gasteiger partial charge in [0.25, 0.3) is 0 Å². The van der Waals surface area contributed by atoms with E-state index < -0.39 is 23.8 Å². The lowest BCUT2D eigenvalue weighted by atomic mass is 9.55. The monoisotopic (exact) mass is 740 g/mol. The van der Waals surface area contributed by atoms with Gasteiger partial charge in [-0.1, -0.05) is 67.4 Å². The highest BCUT2D eigenvalue weighted by Gasteiger charge is 2.65. The van der Waals surface area contributed by atoms with Crippen LogP contribution < -0.4 is 9.47 Å². The first-order chi connectivity index (χ1) is 26.4. The van der Waals surface area contributed by atoms with Crippen LogP contribution in [0.15, 0.2) is 90.1 Å². The topological polar surface area (TPSA) is 119 Å². The zero-order valence-corrected chi connectivity index (χ0v) is 32.0. The Bertz CT molecular complexity index is 1810. The largest absolute Gasteiger partial charge is 0.459 e. The molecular formula is C44H56N2O8. The number of allylic oxidation sites excluding steroid dienone is 1. The zero-order valence-electron chi connectivity index (χ0n) is 32.0. The number of oxime groups is 1. The molecule has 290 valence electrons. The minimum atomic E-state index is -1.32. The van der Waals surface area contributed by atoms with Crippen LogP contribution in [-0.4, -0.2) is 78.8 Å². The van der Waals surface area contributed by atoms with E-state index in [4.69, 9.17) is 23.8 Å². The van der Waals surface area contributed by atoms with Gasteiger partial charge in [0.2, 0.25) is 5.79 Å². The summed E-state index contributed by atoms with van der Waals surface area (Å²) in [4.78, 5) is 21.1. The molecule has 10 nitrogen and oxygen atoms in total. The number of nitrogens with zero attached hydrogens (tertiary/aromatic N) is 2. The zero-order chi connectivity index (χ0) is 38.1. The van der Waals surface area contributed by atoms with Gasteiger partial charge in [0.05, 0.1) is 24.8 Å². The Balaban J connectivity index is 1.56. The first-order valence-electron chi connectivity index (χ1n) is 19.6. The fourth-order valence-corrected chi connectivity index (χ4v) is 9.01. The Morgan fingerprint density at radius 2 is 1.74 bits per heavy atom. The number of rotatable bonds is 18. The second kappa shape index (κ2) is 18.3. The van der Waals surface area contributed by atoms with Crippen LogP contribution in [0.4, 0.5) is 4.79 Å². The van der Waals surface area contributed by atoms with Gasteiger partial charge in [-0.3, -0.25) is 4.90 Å². The van der Waals surface area contributed by atoms with Gasteiger partial charge in [0.1, 0.15) is 30.4 Å². The molecule has 0 saturated heterocycles. The molecule has 10 heteroatoms. The van der Waals surface area contributed by atoms with Crippen molar-refractivity contribution in [2.75, 3.05) is 40.1 Å². The van der Waals surface area contributed by atoms with E-state index in [1.54, 1.807) is 18.1 Å². The minimum absolute atomic E-state index is 0.110. The third-order valence-corrected chi connectivity index (χ3v) is 11.1. The van der Waals surface area contributed by atoms with E-state index in [2.05, 4.69) is 42.1 Å². The lowest BCUT2D eigenvalue weighted by Crippen LogP contribution is -2.70.